The molecular weight excluding hydrogens is 432 g/mol. The van der Waals surface area contributed by atoms with Crippen LogP contribution in [0.5, 0.6) is 11.6 Å². The number of nitrogens with zero attached hydrogens (tertiary/aromatic N) is 3. The van der Waals surface area contributed by atoms with E-state index in [1.165, 1.54) is 13.2 Å². The van der Waals surface area contributed by atoms with Crippen molar-refractivity contribution < 1.29 is 19.7 Å². The summed E-state index contributed by atoms with van der Waals surface area (Å²) in [7, 11) is 1.38. The minimum atomic E-state index is -2.01. The van der Waals surface area contributed by atoms with Crippen LogP contribution in [0.25, 0.3) is 0 Å². The van der Waals surface area contributed by atoms with Crippen molar-refractivity contribution in [1.29, 1.82) is 10.5 Å². The highest BCUT2D eigenvalue weighted by Gasteiger charge is 2.76. The molecule has 8 nitrogen and oxygen atoms in total. The van der Waals surface area contributed by atoms with Gasteiger partial charge in [-0.05, 0) is 29.8 Å². The van der Waals surface area contributed by atoms with Gasteiger partial charge in [-0.2, -0.15) is 10.5 Å². The van der Waals surface area contributed by atoms with E-state index >= 15 is 0 Å². The zero-order valence-electron chi connectivity index (χ0n) is 18.3. The highest BCUT2D eigenvalue weighted by molar-refractivity contribution is 5.60. The maximum absolute atomic E-state index is 12.5. The second-order valence-electron chi connectivity index (χ2n) is 8.53. The predicted molar refractivity (Wildman–Crippen MR) is 121 cm³/mol. The van der Waals surface area contributed by atoms with E-state index in [-0.39, 0.29) is 29.4 Å². The molecule has 0 bridgehead atoms. The fourth-order valence-electron chi connectivity index (χ4n) is 5.69. The first-order valence-electron chi connectivity index (χ1n) is 10.8. The molecule has 8 heteroatoms. The summed E-state index contributed by atoms with van der Waals surface area (Å²) in [6, 6.07) is 21.6. The van der Waals surface area contributed by atoms with Gasteiger partial charge in [0.15, 0.2) is 11.2 Å². The van der Waals surface area contributed by atoms with E-state index in [0.717, 1.165) is 5.56 Å². The largest absolute Gasteiger partial charge is 0.481 e. The van der Waals surface area contributed by atoms with Crippen molar-refractivity contribution in [1.82, 2.24) is 4.98 Å². The van der Waals surface area contributed by atoms with Crippen LogP contribution in [0, 0.1) is 28.6 Å². The minimum Gasteiger partial charge on any atom is -0.481 e. The van der Waals surface area contributed by atoms with Gasteiger partial charge in [0.1, 0.15) is 17.5 Å². The first-order valence-corrected chi connectivity index (χ1v) is 10.8. The molecule has 1 aliphatic heterocycles. The van der Waals surface area contributed by atoms with Crippen molar-refractivity contribution in [2.75, 3.05) is 13.7 Å². The van der Waals surface area contributed by atoms with E-state index in [1.54, 1.807) is 24.3 Å². The molecule has 0 saturated heterocycles. The monoisotopic (exact) mass is 454 g/mol. The molecule has 1 aliphatic carbocycles. The molecule has 1 fully saturated rings. The molecule has 5 rings (SSSR count). The molecule has 4 N–H and O–H groups in total. The third kappa shape index (κ3) is 2.65. The maximum Gasteiger partial charge on any atom is 0.224 e. The molecule has 1 aromatic heterocycles. The number of aliphatic hydroxyl groups excluding tert-OH is 1. The molecule has 0 spiro atoms. The van der Waals surface area contributed by atoms with Crippen LogP contribution in [0.15, 0.2) is 60.7 Å². The van der Waals surface area contributed by atoms with Crippen molar-refractivity contribution in [3.63, 3.8) is 0 Å². The molecule has 2 heterocycles. The molecule has 2 aliphatic rings. The molecule has 5 atom stereocenters. The highest BCUT2D eigenvalue weighted by Crippen LogP contribution is 2.69. The Bertz CT molecular complexity index is 1330. The summed E-state index contributed by atoms with van der Waals surface area (Å²) < 4.78 is 12.1. The van der Waals surface area contributed by atoms with Gasteiger partial charge in [-0.15, -0.1) is 0 Å². The van der Waals surface area contributed by atoms with Crippen molar-refractivity contribution in [2.24, 2.45) is 11.7 Å². The maximum atomic E-state index is 12.5. The van der Waals surface area contributed by atoms with Gasteiger partial charge in [-0.25, -0.2) is 4.98 Å². The van der Waals surface area contributed by atoms with Crippen molar-refractivity contribution in [3.05, 3.63) is 88.6 Å². The first kappa shape index (κ1) is 21.9. The summed E-state index contributed by atoms with van der Waals surface area (Å²) in [4.78, 5) is 4.21. The van der Waals surface area contributed by atoms with Crippen LogP contribution in [0.4, 0.5) is 0 Å². The third-order valence-corrected chi connectivity index (χ3v) is 7.05. The molecule has 0 amide bonds. The number of hydrogen-bond acceptors (Lipinski definition) is 8. The lowest BCUT2D eigenvalue weighted by molar-refractivity contribution is -0.152. The Labute approximate surface area is 196 Å². The Morgan fingerprint density at radius 2 is 1.82 bits per heavy atom. The van der Waals surface area contributed by atoms with Crippen molar-refractivity contribution in [3.8, 4) is 23.8 Å². The fraction of sp³-hybridized carbons (Fsp3) is 0.269. The number of fused-ring (bicyclic) bond motifs is 3. The van der Waals surface area contributed by atoms with Gasteiger partial charge in [0.25, 0.3) is 0 Å². The first-order chi connectivity index (χ1) is 16.5. The van der Waals surface area contributed by atoms with Crippen LogP contribution in [-0.2, 0) is 11.2 Å². The van der Waals surface area contributed by atoms with E-state index in [0.29, 0.717) is 11.1 Å². The average Bonchev–Trinajstić information content (AvgIpc) is 3.26. The lowest BCUT2D eigenvalue weighted by atomic mass is 9.70. The van der Waals surface area contributed by atoms with Crippen LogP contribution >= 0.6 is 0 Å². The van der Waals surface area contributed by atoms with Gasteiger partial charge in [0, 0.05) is 17.9 Å². The van der Waals surface area contributed by atoms with Crippen LogP contribution in [0.2, 0.25) is 0 Å². The standard InChI is InChI=1S/C26H22N4O4/c1-33-24-22-20(11-18(13-28)30-24)34-26(17-9-7-15(12-27)8-10-17)21(16-5-3-2-4-6-16)19(14-29)23(31)25(22,26)32/h2-11,19,21,23,31-32H,14,29H2,1H3/t19-,21-,23-,25+,26+/m1/s1. The number of methoxy groups -OCH3 is 1. The Morgan fingerprint density at radius 1 is 1.12 bits per heavy atom. The molecular formula is C26H22N4O4. The van der Waals surface area contributed by atoms with Crippen LogP contribution < -0.4 is 15.2 Å². The number of aromatic nitrogens is 1. The number of aliphatic hydroxyl groups is 2. The van der Waals surface area contributed by atoms with Crippen LogP contribution in [0.3, 0.4) is 0 Å². The number of hydrogen-bond donors (Lipinski definition) is 3. The van der Waals surface area contributed by atoms with Gasteiger partial charge in [0.05, 0.1) is 30.4 Å². The smallest absolute Gasteiger partial charge is 0.224 e. The predicted octanol–water partition coefficient (Wildman–Crippen LogP) is 2.04. The number of pyridine rings is 1. The van der Waals surface area contributed by atoms with E-state index in [9.17, 15) is 20.7 Å². The Balaban J connectivity index is 1.88. The Hall–Kier alpha value is -3.95. The summed E-state index contributed by atoms with van der Waals surface area (Å²) in [6.07, 6.45) is -1.34. The fourth-order valence-corrected chi connectivity index (χ4v) is 5.69. The second-order valence-corrected chi connectivity index (χ2v) is 8.53. The van der Waals surface area contributed by atoms with E-state index in [1.807, 2.05) is 36.4 Å². The molecule has 3 aromatic rings. The SMILES string of the molecule is COc1nc(C#N)cc2c1[C@]1(O)[C@H](O)[C@H](CN)[C@@H](c3ccccc3)[C@]1(c1ccc(C#N)cc1)O2. The number of ether oxygens (including phenoxy) is 2. The molecule has 34 heavy (non-hydrogen) atoms. The Kier molecular flexibility index (Phi) is 5.03. The molecule has 2 aromatic carbocycles. The zero-order valence-corrected chi connectivity index (χ0v) is 18.3. The van der Waals surface area contributed by atoms with Crippen molar-refractivity contribution in [2.45, 2.75) is 23.2 Å². The van der Waals surface area contributed by atoms with Gasteiger partial charge in [0.2, 0.25) is 5.88 Å². The van der Waals surface area contributed by atoms with E-state index in [4.69, 9.17) is 15.2 Å². The third-order valence-electron chi connectivity index (χ3n) is 7.05. The number of rotatable bonds is 4. The highest BCUT2D eigenvalue weighted by atomic mass is 16.5. The molecule has 0 unspecified atom stereocenters. The summed E-state index contributed by atoms with van der Waals surface area (Å²) in [5.41, 5.74) is 4.66. The van der Waals surface area contributed by atoms with Crippen LogP contribution in [-0.4, -0.2) is 35.0 Å². The van der Waals surface area contributed by atoms with E-state index in [2.05, 4.69) is 11.1 Å². The van der Waals surface area contributed by atoms with E-state index < -0.39 is 29.1 Å². The van der Waals surface area contributed by atoms with Gasteiger partial charge in [-0.1, -0.05) is 42.5 Å². The minimum absolute atomic E-state index is 0.00407. The molecule has 0 radical (unpaired) electrons. The molecule has 170 valence electrons. The Morgan fingerprint density at radius 3 is 2.41 bits per heavy atom. The lowest BCUT2D eigenvalue weighted by Crippen LogP contribution is -2.52. The number of nitriles is 2. The molecule has 1 saturated carbocycles. The van der Waals surface area contributed by atoms with Crippen LogP contribution in [0.1, 0.15) is 33.9 Å². The number of nitrogens with two attached hydrogens (primary N) is 1. The lowest BCUT2D eigenvalue weighted by Gasteiger charge is -2.40. The quantitative estimate of drug-likeness (QED) is 0.543. The average molecular weight is 454 g/mol. The normalized spacial score (nSPS) is 28.8. The zero-order chi connectivity index (χ0) is 24.1. The summed E-state index contributed by atoms with van der Waals surface area (Å²) in [5, 5.41) is 42.9. The van der Waals surface area contributed by atoms with Gasteiger partial charge in [-0.3, -0.25) is 0 Å². The summed E-state index contributed by atoms with van der Waals surface area (Å²) in [6.45, 7) is 0.0752. The summed E-state index contributed by atoms with van der Waals surface area (Å²) in [5.74, 6) is -0.966. The topological polar surface area (TPSA) is 145 Å². The second kappa shape index (κ2) is 7.82. The number of benzene rings is 2. The van der Waals surface area contributed by atoms with Gasteiger partial charge >= 0.3 is 0 Å². The summed E-state index contributed by atoms with van der Waals surface area (Å²) >= 11 is 0. The van der Waals surface area contributed by atoms with Crippen molar-refractivity contribution >= 4 is 0 Å². The van der Waals surface area contributed by atoms with Gasteiger partial charge < -0.3 is 25.4 Å².